The highest BCUT2D eigenvalue weighted by Crippen LogP contribution is 2.18. The van der Waals surface area contributed by atoms with Gasteiger partial charge >= 0.3 is 0 Å². The van der Waals surface area contributed by atoms with E-state index in [1.54, 1.807) is 0 Å². The summed E-state index contributed by atoms with van der Waals surface area (Å²) in [5.41, 5.74) is 1.16. The number of ether oxygens (including phenoxy) is 1. The lowest BCUT2D eigenvalue weighted by molar-refractivity contribution is 0.317. The summed E-state index contributed by atoms with van der Waals surface area (Å²) in [5.74, 6) is 1.72. The maximum atomic E-state index is 5.62. The third-order valence-corrected chi connectivity index (χ3v) is 3.06. The topological polar surface area (TPSA) is 21.3 Å². The molecule has 0 bridgehead atoms. The molecule has 1 aromatic carbocycles. The molecule has 0 fully saturated rings. The molecule has 0 aliphatic heterocycles. The Kier molecular flexibility index (Phi) is 6.53. The molecule has 0 atom stereocenters. The van der Waals surface area contributed by atoms with E-state index in [-0.39, 0.29) is 0 Å². The van der Waals surface area contributed by atoms with Gasteiger partial charge in [-0.15, -0.1) is 0 Å². The average Bonchev–Trinajstić information content (AvgIpc) is 2.38. The third-order valence-electron chi connectivity index (χ3n) is 3.06. The van der Waals surface area contributed by atoms with Crippen molar-refractivity contribution in [3.05, 3.63) is 24.3 Å². The van der Waals surface area contributed by atoms with Crippen molar-refractivity contribution in [1.29, 1.82) is 0 Å². The van der Waals surface area contributed by atoms with Crippen molar-refractivity contribution in [3.63, 3.8) is 0 Å². The number of anilines is 1. The Morgan fingerprint density at radius 2 is 1.94 bits per heavy atom. The first-order chi connectivity index (χ1) is 8.30. The second-order valence-electron chi connectivity index (χ2n) is 4.44. The number of rotatable bonds is 8. The van der Waals surface area contributed by atoms with Gasteiger partial charge in [-0.3, -0.25) is 0 Å². The van der Waals surface area contributed by atoms with E-state index < -0.39 is 0 Å². The predicted octanol–water partition coefficient (Wildman–Crippen LogP) is 4.32. The Balaban J connectivity index is 2.47. The summed E-state index contributed by atoms with van der Waals surface area (Å²) < 4.78 is 5.62. The van der Waals surface area contributed by atoms with E-state index in [1.165, 1.54) is 12.8 Å². The SMILES string of the molecule is CCCOc1cccc(NCC(CC)CC)c1. The largest absolute Gasteiger partial charge is 0.494 e. The van der Waals surface area contributed by atoms with E-state index in [2.05, 4.69) is 38.2 Å². The van der Waals surface area contributed by atoms with Crippen molar-refractivity contribution in [2.45, 2.75) is 40.0 Å². The van der Waals surface area contributed by atoms with Gasteiger partial charge < -0.3 is 10.1 Å². The molecule has 0 amide bonds. The first kappa shape index (κ1) is 13.9. The Bertz CT molecular complexity index is 308. The zero-order valence-electron chi connectivity index (χ0n) is 11.3. The molecule has 0 unspecified atom stereocenters. The van der Waals surface area contributed by atoms with E-state index in [4.69, 9.17) is 4.74 Å². The lowest BCUT2D eigenvalue weighted by Gasteiger charge is -2.15. The van der Waals surface area contributed by atoms with Gasteiger partial charge in [-0.1, -0.05) is 39.7 Å². The van der Waals surface area contributed by atoms with Gasteiger partial charge in [-0.2, -0.15) is 0 Å². The molecule has 0 aliphatic rings. The average molecular weight is 235 g/mol. The van der Waals surface area contributed by atoms with Crippen LogP contribution in [-0.4, -0.2) is 13.2 Å². The fourth-order valence-electron chi connectivity index (χ4n) is 1.76. The highest BCUT2D eigenvalue weighted by atomic mass is 16.5. The van der Waals surface area contributed by atoms with Crippen LogP contribution in [0.1, 0.15) is 40.0 Å². The molecule has 1 aromatic rings. The van der Waals surface area contributed by atoms with Crippen LogP contribution in [0.5, 0.6) is 5.75 Å². The minimum atomic E-state index is 0.759. The Labute approximate surface area is 105 Å². The maximum Gasteiger partial charge on any atom is 0.121 e. The zero-order chi connectivity index (χ0) is 12.5. The second kappa shape index (κ2) is 7.99. The molecule has 2 nitrogen and oxygen atoms in total. The van der Waals surface area contributed by atoms with Crippen LogP contribution in [-0.2, 0) is 0 Å². The molecule has 96 valence electrons. The molecular weight excluding hydrogens is 210 g/mol. The van der Waals surface area contributed by atoms with E-state index in [9.17, 15) is 0 Å². The molecule has 0 aromatic heterocycles. The Morgan fingerprint density at radius 1 is 1.18 bits per heavy atom. The minimum absolute atomic E-state index is 0.759. The summed E-state index contributed by atoms with van der Waals surface area (Å²) in [6, 6.07) is 8.23. The van der Waals surface area contributed by atoms with Gasteiger partial charge in [-0.25, -0.2) is 0 Å². The quantitative estimate of drug-likeness (QED) is 0.724. The highest BCUT2D eigenvalue weighted by Gasteiger charge is 2.03. The molecule has 0 heterocycles. The van der Waals surface area contributed by atoms with Crippen LogP contribution < -0.4 is 10.1 Å². The van der Waals surface area contributed by atoms with E-state index in [0.717, 1.165) is 36.9 Å². The Morgan fingerprint density at radius 3 is 2.59 bits per heavy atom. The van der Waals surface area contributed by atoms with Crippen molar-refractivity contribution in [2.24, 2.45) is 5.92 Å². The lowest BCUT2D eigenvalue weighted by Crippen LogP contribution is -2.12. The molecule has 1 rings (SSSR count). The van der Waals surface area contributed by atoms with Gasteiger partial charge in [0.1, 0.15) is 5.75 Å². The van der Waals surface area contributed by atoms with Gasteiger partial charge in [0, 0.05) is 18.3 Å². The van der Waals surface area contributed by atoms with Crippen LogP contribution in [0.25, 0.3) is 0 Å². The molecule has 2 heteroatoms. The summed E-state index contributed by atoms with van der Waals surface area (Å²) in [4.78, 5) is 0. The zero-order valence-corrected chi connectivity index (χ0v) is 11.3. The predicted molar refractivity (Wildman–Crippen MR) is 74.8 cm³/mol. The van der Waals surface area contributed by atoms with Gasteiger partial charge in [0.2, 0.25) is 0 Å². The van der Waals surface area contributed by atoms with Crippen LogP contribution in [0, 0.1) is 5.92 Å². The van der Waals surface area contributed by atoms with Gasteiger partial charge in [0.15, 0.2) is 0 Å². The molecule has 0 aliphatic carbocycles. The van der Waals surface area contributed by atoms with Crippen LogP contribution in [0.4, 0.5) is 5.69 Å². The van der Waals surface area contributed by atoms with E-state index in [1.807, 2.05) is 12.1 Å². The monoisotopic (exact) mass is 235 g/mol. The summed E-state index contributed by atoms with van der Waals surface area (Å²) in [5, 5.41) is 3.48. The van der Waals surface area contributed by atoms with Gasteiger partial charge in [0.05, 0.1) is 6.61 Å². The van der Waals surface area contributed by atoms with E-state index >= 15 is 0 Å². The maximum absolute atomic E-state index is 5.62. The number of nitrogens with one attached hydrogen (secondary N) is 1. The number of hydrogen-bond donors (Lipinski definition) is 1. The molecular formula is C15H25NO. The van der Waals surface area contributed by atoms with Gasteiger partial charge in [0.25, 0.3) is 0 Å². The van der Waals surface area contributed by atoms with Crippen molar-refractivity contribution in [2.75, 3.05) is 18.5 Å². The molecule has 0 spiro atoms. The second-order valence-corrected chi connectivity index (χ2v) is 4.44. The third kappa shape index (κ3) is 5.12. The summed E-state index contributed by atoms with van der Waals surface area (Å²) in [6.45, 7) is 8.45. The molecule has 0 saturated heterocycles. The molecule has 1 N–H and O–H groups in total. The molecule has 17 heavy (non-hydrogen) atoms. The fraction of sp³-hybridized carbons (Fsp3) is 0.600. The minimum Gasteiger partial charge on any atom is -0.494 e. The first-order valence-corrected chi connectivity index (χ1v) is 6.76. The number of hydrogen-bond acceptors (Lipinski definition) is 2. The summed E-state index contributed by atoms with van der Waals surface area (Å²) in [7, 11) is 0. The lowest BCUT2D eigenvalue weighted by atomic mass is 10.0. The van der Waals surface area contributed by atoms with Crippen LogP contribution >= 0.6 is 0 Å². The van der Waals surface area contributed by atoms with Crippen molar-refractivity contribution < 1.29 is 4.74 Å². The first-order valence-electron chi connectivity index (χ1n) is 6.76. The number of benzene rings is 1. The highest BCUT2D eigenvalue weighted by molar-refractivity contribution is 5.48. The van der Waals surface area contributed by atoms with Crippen molar-refractivity contribution >= 4 is 5.69 Å². The van der Waals surface area contributed by atoms with Crippen LogP contribution in [0.15, 0.2) is 24.3 Å². The summed E-state index contributed by atoms with van der Waals surface area (Å²) >= 11 is 0. The fourth-order valence-corrected chi connectivity index (χ4v) is 1.76. The standard InChI is InChI=1S/C15H25NO/c1-4-10-17-15-9-7-8-14(11-15)16-12-13(5-2)6-3/h7-9,11,13,16H,4-6,10,12H2,1-3H3. The Hall–Kier alpha value is -1.18. The van der Waals surface area contributed by atoms with Gasteiger partial charge in [-0.05, 0) is 24.5 Å². The smallest absolute Gasteiger partial charge is 0.121 e. The van der Waals surface area contributed by atoms with Crippen LogP contribution in [0.2, 0.25) is 0 Å². The van der Waals surface area contributed by atoms with Crippen molar-refractivity contribution in [1.82, 2.24) is 0 Å². The van der Waals surface area contributed by atoms with Crippen LogP contribution in [0.3, 0.4) is 0 Å². The normalized spacial score (nSPS) is 10.6. The van der Waals surface area contributed by atoms with Crippen molar-refractivity contribution in [3.8, 4) is 5.75 Å². The van der Waals surface area contributed by atoms with E-state index in [0.29, 0.717) is 0 Å². The molecule has 0 radical (unpaired) electrons. The molecule has 0 saturated carbocycles. The summed E-state index contributed by atoms with van der Waals surface area (Å²) in [6.07, 6.45) is 3.51.